The standard InChI is InChI=1S/C14H26N4/c1-4-10-14(3,15)13-17-16-11(2)18(13)12-8-6-5-7-9-12/h12H,4-10,15H2,1-3H3. The topological polar surface area (TPSA) is 56.7 Å². The first-order valence-electron chi connectivity index (χ1n) is 7.27. The van der Waals surface area contributed by atoms with E-state index in [1.165, 1.54) is 32.1 Å². The summed E-state index contributed by atoms with van der Waals surface area (Å²) in [5, 5.41) is 8.64. The first kappa shape index (κ1) is 13.5. The van der Waals surface area contributed by atoms with Crippen molar-refractivity contribution < 1.29 is 0 Å². The van der Waals surface area contributed by atoms with Crippen molar-refractivity contribution >= 4 is 0 Å². The molecule has 0 aromatic carbocycles. The van der Waals surface area contributed by atoms with Crippen molar-refractivity contribution in [1.82, 2.24) is 14.8 Å². The maximum atomic E-state index is 6.45. The van der Waals surface area contributed by atoms with Gasteiger partial charge in [0, 0.05) is 6.04 Å². The summed E-state index contributed by atoms with van der Waals surface area (Å²) >= 11 is 0. The van der Waals surface area contributed by atoms with Gasteiger partial charge >= 0.3 is 0 Å². The van der Waals surface area contributed by atoms with Gasteiger partial charge in [0.25, 0.3) is 0 Å². The van der Waals surface area contributed by atoms with E-state index in [1.807, 2.05) is 6.92 Å². The maximum Gasteiger partial charge on any atom is 0.153 e. The molecule has 1 aromatic heterocycles. The molecule has 18 heavy (non-hydrogen) atoms. The fourth-order valence-corrected chi connectivity index (χ4v) is 3.17. The van der Waals surface area contributed by atoms with E-state index in [-0.39, 0.29) is 5.54 Å². The lowest BCUT2D eigenvalue weighted by molar-refractivity contribution is 0.310. The zero-order valence-corrected chi connectivity index (χ0v) is 11.9. The average molecular weight is 250 g/mol. The molecule has 2 N–H and O–H groups in total. The van der Waals surface area contributed by atoms with Crippen LogP contribution in [-0.4, -0.2) is 14.8 Å². The molecule has 0 bridgehead atoms. The Kier molecular flexibility index (Phi) is 4.05. The van der Waals surface area contributed by atoms with Crippen LogP contribution in [0.5, 0.6) is 0 Å². The molecule has 0 radical (unpaired) electrons. The van der Waals surface area contributed by atoms with Gasteiger partial charge in [0.1, 0.15) is 5.82 Å². The highest BCUT2D eigenvalue weighted by Crippen LogP contribution is 2.33. The molecule has 1 aliphatic rings. The molecule has 0 aliphatic heterocycles. The monoisotopic (exact) mass is 250 g/mol. The van der Waals surface area contributed by atoms with Gasteiger partial charge in [-0.3, -0.25) is 0 Å². The molecule has 0 spiro atoms. The third-order valence-corrected chi connectivity index (χ3v) is 4.09. The van der Waals surface area contributed by atoms with Gasteiger partial charge in [-0.25, -0.2) is 0 Å². The van der Waals surface area contributed by atoms with E-state index < -0.39 is 0 Å². The molecule has 1 heterocycles. The second kappa shape index (κ2) is 5.39. The second-order valence-electron chi connectivity index (χ2n) is 5.90. The molecule has 1 aromatic rings. The smallest absolute Gasteiger partial charge is 0.153 e. The van der Waals surface area contributed by atoms with Crippen LogP contribution in [0.4, 0.5) is 0 Å². The molecule has 0 saturated heterocycles. The van der Waals surface area contributed by atoms with E-state index in [9.17, 15) is 0 Å². The Balaban J connectivity index is 2.31. The van der Waals surface area contributed by atoms with Crippen LogP contribution >= 0.6 is 0 Å². The van der Waals surface area contributed by atoms with Gasteiger partial charge in [0.2, 0.25) is 0 Å². The number of nitrogens with two attached hydrogens (primary N) is 1. The molecule has 4 heteroatoms. The highest BCUT2D eigenvalue weighted by molar-refractivity contribution is 5.08. The Bertz CT molecular complexity index is 388. The van der Waals surface area contributed by atoms with Gasteiger partial charge in [-0.15, -0.1) is 10.2 Å². The van der Waals surface area contributed by atoms with Gasteiger partial charge < -0.3 is 10.3 Å². The third-order valence-electron chi connectivity index (χ3n) is 4.09. The van der Waals surface area contributed by atoms with Crippen molar-refractivity contribution in [2.75, 3.05) is 0 Å². The van der Waals surface area contributed by atoms with Crippen LogP contribution in [0.2, 0.25) is 0 Å². The molecule has 1 aliphatic carbocycles. The Labute approximate surface area is 110 Å². The van der Waals surface area contributed by atoms with Crippen molar-refractivity contribution in [1.29, 1.82) is 0 Å². The van der Waals surface area contributed by atoms with Crippen molar-refractivity contribution in [3.8, 4) is 0 Å². The average Bonchev–Trinajstić information content (AvgIpc) is 2.73. The molecule has 0 amide bonds. The number of hydrogen-bond donors (Lipinski definition) is 1. The Morgan fingerprint density at radius 3 is 2.56 bits per heavy atom. The van der Waals surface area contributed by atoms with Crippen molar-refractivity contribution in [3.05, 3.63) is 11.6 Å². The summed E-state index contributed by atoms with van der Waals surface area (Å²) in [5.41, 5.74) is 6.09. The summed E-state index contributed by atoms with van der Waals surface area (Å²) in [5.74, 6) is 2.00. The van der Waals surface area contributed by atoms with Crippen LogP contribution in [-0.2, 0) is 5.54 Å². The Morgan fingerprint density at radius 2 is 1.94 bits per heavy atom. The molecule has 1 fully saturated rings. The van der Waals surface area contributed by atoms with E-state index in [0.29, 0.717) is 6.04 Å². The molecule has 1 atom stereocenters. The van der Waals surface area contributed by atoms with E-state index >= 15 is 0 Å². The van der Waals surface area contributed by atoms with Gasteiger partial charge in [0.15, 0.2) is 5.82 Å². The molecule has 1 unspecified atom stereocenters. The van der Waals surface area contributed by atoms with Crippen LogP contribution in [0, 0.1) is 6.92 Å². The highest BCUT2D eigenvalue weighted by Gasteiger charge is 2.30. The molecular weight excluding hydrogens is 224 g/mol. The third kappa shape index (κ3) is 2.58. The summed E-state index contributed by atoms with van der Waals surface area (Å²) in [6.45, 7) is 6.30. The van der Waals surface area contributed by atoms with E-state index in [2.05, 4.69) is 28.6 Å². The minimum Gasteiger partial charge on any atom is -0.319 e. The molecule has 102 valence electrons. The van der Waals surface area contributed by atoms with Crippen molar-refractivity contribution in [2.24, 2.45) is 5.73 Å². The summed E-state index contributed by atoms with van der Waals surface area (Å²) in [6, 6.07) is 0.559. The van der Waals surface area contributed by atoms with Gasteiger partial charge in [0.05, 0.1) is 5.54 Å². The summed E-state index contributed by atoms with van der Waals surface area (Å²) in [7, 11) is 0. The van der Waals surface area contributed by atoms with Crippen LogP contribution in [0.25, 0.3) is 0 Å². The van der Waals surface area contributed by atoms with E-state index in [4.69, 9.17) is 5.73 Å². The fraction of sp³-hybridized carbons (Fsp3) is 0.857. The highest BCUT2D eigenvalue weighted by atomic mass is 15.3. The Hall–Kier alpha value is -0.900. The minimum absolute atomic E-state index is 0.354. The lowest BCUT2D eigenvalue weighted by atomic mass is 9.92. The molecular formula is C14H26N4. The predicted molar refractivity (Wildman–Crippen MR) is 73.3 cm³/mol. The number of hydrogen-bond acceptors (Lipinski definition) is 3. The van der Waals surface area contributed by atoms with E-state index in [0.717, 1.165) is 24.5 Å². The van der Waals surface area contributed by atoms with Crippen LogP contribution < -0.4 is 5.73 Å². The van der Waals surface area contributed by atoms with Gasteiger partial charge in [-0.05, 0) is 33.1 Å². The second-order valence-corrected chi connectivity index (χ2v) is 5.90. The summed E-state index contributed by atoms with van der Waals surface area (Å²) in [4.78, 5) is 0. The largest absolute Gasteiger partial charge is 0.319 e. The van der Waals surface area contributed by atoms with Gasteiger partial charge in [-0.1, -0.05) is 32.6 Å². The van der Waals surface area contributed by atoms with Crippen LogP contribution in [0.3, 0.4) is 0 Å². The first-order valence-corrected chi connectivity index (χ1v) is 7.27. The summed E-state index contributed by atoms with van der Waals surface area (Å²) in [6.07, 6.45) is 8.51. The van der Waals surface area contributed by atoms with E-state index in [1.54, 1.807) is 0 Å². The minimum atomic E-state index is -0.354. The van der Waals surface area contributed by atoms with Crippen molar-refractivity contribution in [2.45, 2.75) is 77.3 Å². The number of rotatable bonds is 4. The zero-order valence-electron chi connectivity index (χ0n) is 11.9. The van der Waals surface area contributed by atoms with Crippen LogP contribution in [0.1, 0.15) is 76.5 Å². The van der Waals surface area contributed by atoms with Crippen LogP contribution in [0.15, 0.2) is 0 Å². The number of aromatic nitrogens is 3. The Morgan fingerprint density at radius 1 is 1.28 bits per heavy atom. The molecule has 2 rings (SSSR count). The number of nitrogens with zero attached hydrogens (tertiary/aromatic N) is 3. The quantitative estimate of drug-likeness (QED) is 0.893. The maximum absolute atomic E-state index is 6.45. The fourth-order valence-electron chi connectivity index (χ4n) is 3.17. The zero-order chi connectivity index (χ0) is 13.2. The molecule has 4 nitrogen and oxygen atoms in total. The predicted octanol–water partition coefficient (Wildman–Crippen LogP) is 3.07. The SMILES string of the molecule is CCCC(C)(N)c1nnc(C)n1C1CCCCC1. The lowest BCUT2D eigenvalue weighted by Crippen LogP contribution is -2.37. The number of aryl methyl sites for hydroxylation is 1. The summed E-state index contributed by atoms with van der Waals surface area (Å²) < 4.78 is 2.31. The van der Waals surface area contributed by atoms with Gasteiger partial charge in [-0.2, -0.15) is 0 Å². The van der Waals surface area contributed by atoms with Crippen molar-refractivity contribution in [3.63, 3.8) is 0 Å². The lowest BCUT2D eigenvalue weighted by Gasteiger charge is -2.30. The molecule has 1 saturated carbocycles. The normalized spacial score (nSPS) is 20.9. The first-order chi connectivity index (χ1) is 8.56.